The van der Waals surface area contributed by atoms with Crippen molar-refractivity contribution in [2.24, 2.45) is 0 Å². The van der Waals surface area contributed by atoms with Crippen LogP contribution in [0.25, 0.3) is 0 Å². The molecule has 0 bridgehead atoms. The Hall–Kier alpha value is -2.55. The molecule has 2 aromatic heterocycles. The number of nitrogens with zero attached hydrogens (tertiary/aromatic N) is 1. The number of hydrogen-bond donors (Lipinski definition) is 2. The Kier molecular flexibility index (Phi) is 5.22. The number of thiophene rings is 1. The molecule has 0 aliphatic heterocycles. The van der Waals surface area contributed by atoms with E-state index in [4.69, 9.17) is 0 Å². The van der Waals surface area contributed by atoms with E-state index in [1.807, 2.05) is 17.5 Å². The molecule has 1 amide bonds. The highest BCUT2D eigenvalue weighted by atomic mass is 32.2. The van der Waals surface area contributed by atoms with E-state index in [2.05, 4.69) is 15.0 Å². The van der Waals surface area contributed by atoms with Crippen LogP contribution in [0, 0.1) is 0 Å². The summed E-state index contributed by atoms with van der Waals surface area (Å²) >= 11 is 1.47. The van der Waals surface area contributed by atoms with Crippen molar-refractivity contribution in [1.29, 1.82) is 0 Å². The molecule has 128 valence electrons. The van der Waals surface area contributed by atoms with Crippen molar-refractivity contribution in [3.8, 4) is 0 Å². The molecule has 1 aromatic carbocycles. The third kappa shape index (κ3) is 4.50. The predicted molar refractivity (Wildman–Crippen MR) is 97.0 cm³/mol. The number of rotatable bonds is 6. The molecule has 0 saturated carbocycles. The average molecular weight is 373 g/mol. The molecule has 25 heavy (non-hydrogen) atoms. The second-order valence-electron chi connectivity index (χ2n) is 5.10. The molecular formula is C17H15N3O3S2. The summed E-state index contributed by atoms with van der Waals surface area (Å²) in [6.45, 7) is 0.213. The molecular weight excluding hydrogens is 358 g/mol. The summed E-state index contributed by atoms with van der Waals surface area (Å²) in [6, 6.07) is 14.7. The quantitative estimate of drug-likeness (QED) is 0.695. The SMILES string of the molecule is O=C(Nc1ccccn1)c1cccc(S(=O)(=O)NCc2cccs2)c1. The zero-order valence-corrected chi connectivity index (χ0v) is 14.7. The third-order valence-electron chi connectivity index (χ3n) is 3.33. The molecule has 0 aliphatic carbocycles. The van der Waals surface area contributed by atoms with Crippen LogP contribution in [0.1, 0.15) is 15.2 Å². The van der Waals surface area contributed by atoms with Crippen LogP contribution in [0.5, 0.6) is 0 Å². The van der Waals surface area contributed by atoms with Gasteiger partial charge < -0.3 is 5.32 Å². The van der Waals surface area contributed by atoms with E-state index in [-0.39, 0.29) is 17.0 Å². The van der Waals surface area contributed by atoms with Gasteiger partial charge in [-0.2, -0.15) is 0 Å². The van der Waals surface area contributed by atoms with Crippen LogP contribution in [-0.2, 0) is 16.6 Å². The summed E-state index contributed by atoms with van der Waals surface area (Å²) in [4.78, 5) is 17.2. The van der Waals surface area contributed by atoms with Crippen molar-refractivity contribution in [1.82, 2.24) is 9.71 Å². The molecule has 0 unspecified atom stereocenters. The summed E-state index contributed by atoms with van der Waals surface area (Å²) in [5.41, 5.74) is 0.240. The van der Waals surface area contributed by atoms with Gasteiger partial charge >= 0.3 is 0 Å². The molecule has 0 radical (unpaired) electrons. The largest absolute Gasteiger partial charge is 0.307 e. The Balaban J connectivity index is 1.75. The van der Waals surface area contributed by atoms with Gasteiger partial charge in [0, 0.05) is 23.2 Å². The molecule has 3 aromatic rings. The Morgan fingerprint density at radius 2 is 1.96 bits per heavy atom. The number of carbonyl (C=O) groups excluding carboxylic acids is 1. The van der Waals surface area contributed by atoms with Crippen molar-refractivity contribution in [2.45, 2.75) is 11.4 Å². The van der Waals surface area contributed by atoms with Crippen LogP contribution < -0.4 is 10.0 Å². The first-order valence-electron chi connectivity index (χ1n) is 7.39. The zero-order chi connectivity index (χ0) is 17.7. The van der Waals surface area contributed by atoms with Gasteiger partial charge in [0.1, 0.15) is 5.82 Å². The van der Waals surface area contributed by atoms with Crippen molar-refractivity contribution < 1.29 is 13.2 Å². The van der Waals surface area contributed by atoms with Crippen LogP contribution >= 0.6 is 11.3 Å². The Morgan fingerprint density at radius 3 is 2.68 bits per heavy atom. The van der Waals surface area contributed by atoms with E-state index in [9.17, 15) is 13.2 Å². The summed E-state index contributed by atoms with van der Waals surface area (Å²) in [6.07, 6.45) is 1.56. The van der Waals surface area contributed by atoms with Crippen LogP contribution in [0.4, 0.5) is 5.82 Å². The fourth-order valence-electron chi connectivity index (χ4n) is 2.09. The minimum atomic E-state index is -3.70. The van der Waals surface area contributed by atoms with Crippen molar-refractivity contribution >= 4 is 33.1 Å². The average Bonchev–Trinajstić information content (AvgIpc) is 3.15. The number of anilines is 1. The van der Waals surface area contributed by atoms with Gasteiger partial charge in [0.05, 0.1) is 4.90 Å². The van der Waals surface area contributed by atoms with E-state index >= 15 is 0 Å². The number of pyridine rings is 1. The molecule has 0 aliphatic rings. The van der Waals surface area contributed by atoms with E-state index in [1.165, 1.54) is 29.5 Å². The normalized spacial score (nSPS) is 11.2. The van der Waals surface area contributed by atoms with Crippen molar-refractivity contribution in [3.05, 3.63) is 76.6 Å². The molecule has 2 heterocycles. The zero-order valence-electron chi connectivity index (χ0n) is 13.0. The van der Waals surface area contributed by atoms with Gasteiger partial charge in [-0.05, 0) is 41.8 Å². The molecule has 3 rings (SSSR count). The third-order valence-corrected chi connectivity index (χ3v) is 5.60. The highest BCUT2D eigenvalue weighted by Crippen LogP contribution is 2.15. The maximum Gasteiger partial charge on any atom is 0.256 e. The maximum atomic E-state index is 12.4. The molecule has 0 spiro atoms. The molecule has 6 nitrogen and oxygen atoms in total. The number of hydrogen-bond acceptors (Lipinski definition) is 5. The van der Waals surface area contributed by atoms with Crippen LogP contribution in [0.15, 0.2) is 71.1 Å². The lowest BCUT2D eigenvalue weighted by Gasteiger charge is -2.08. The lowest BCUT2D eigenvalue weighted by atomic mass is 10.2. The molecule has 0 fully saturated rings. The highest BCUT2D eigenvalue weighted by Gasteiger charge is 2.16. The van der Waals surface area contributed by atoms with Gasteiger partial charge in [-0.25, -0.2) is 18.1 Å². The molecule has 8 heteroatoms. The highest BCUT2D eigenvalue weighted by molar-refractivity contribution is 7.89. The maximum absolute atomic E-state index is 12.4. The number of carbonyl (C=O) groups is 1. The second-order valence-corrected chi connectivity index (χ2v) is 7.90. The van der Waals surface area contributed by atoms with Gasteiger partial charge in [0.15, 0.2) is 0 Å². The first kappa shape index (κ1) is 17.3. The van der Waals surface area contributed by atoms with Crippen LogP contribution in [0.3, 0.4) is 0 Å². The standard InChI is InChI=1S/C17H15N3O3S2/c21-17(20-16-8-1-2-9-18-16)13-5-3-7-15(11-13)25(22,23)19-12-14-6-4-10-24-14/h1-11,19H,12H2,(H,18,20,21). The van der Waals surface area contributed by atoms with Gasteiger partial charge in [-0.1, -0.05) is 18.2 Å². The fraction of sp³-hybridized carbons (Fsp3) is 0.0588. The van der Waals surface area contributed by atoms with E-state index in [0.717, 1.165) is 4.88 Å². The van der Waals surface area contributed by atoms with Gasteiger partial charge in [0.25, 0.3) is 5.91 Å². The topological polar surface area (TPSA) is 88.2 Å². The van der Waals surface area contributed by atoms with Crippen molar-refractivity contribution in [2.75, 3.05) is 5.32 Å². The summed E-state index contributed by atoms with van der Waals surface area (Å²) in [5, 5.41) is 4.51. The summed E-state index contributed by atoms with van der Waals surface area (Å²) in [5.74, 6) is -0.0226. The second kappa shape index (κ2) is 7.56. The lowest BCUT2D eigenvalue weighted by Crippen LogP contribution is -2.23. The minimum absolute atomic E-state index is 0.0396. The van der Waals surface area contributed by atoms with Gasteiger partial charge in [-0.15, -0.1) is 11.3 Å². The van der Waals surface area contributed by atoms with E-state index in [0.29, 0.717) is 5.82 Å². The molecule has 0 atom stereocenters. The van der Waals surface area contributed by atoms with Gasteiger partial charge in [-0.3, -0.25) is 4.79 Å². The number of amides is 1. The lowest BCUT2D eigenvalue weighted by molar-refractivity contribution is 0.102. The number of nitrogens with one attached hydrogen (secondary N) is 2. The number of sulfonamides is 1. The van der Waals surface area contributed by atoms with E-state index in [1.54, 1.807) is 30.5 Å². The summed E-state index contributed by atoms with van der Waals surface area (Å²) in [7, 11) is -3.70. The Bertz CT molecular complexity index is 956. The van der Waals surface area contributed by atoms with Crippen molar-refractivity contribution in [3.63, 3.8) is 0 Å². The summed E-state index contributed by atoms with van der Waals surface area (Å²) < 4.78 is 27.4. The first-order chi connectivity index (χ1) is 12.0. The molecule has 0 saturated heterocycles. The smallest absolute Gasteiger partial charge is 0.256 e. The fourth-order valence-corrected chi connectivity index (χ4v) is 3.88. The van der Waals surface area contributed by atoms with Crippen LogP contribution in [-0.4, -0.2) is 19.3 Å². The first-order valence-corrected chi connectivity index (χ1v) is 9.75. The Labute approximate surface area is 149 Å². The predicted octanol–water partition coefficient (Wildman–Crippen LogP) is 2.87. The van der Waals surface area contributed by atoms with Crippen LogP contribution in [0.2, 0.25) is 0 Å². The van der Waals surface area contributed by atoms with E-state index < -0.39 is 15.9 Å². The monoisotopic (exact) mass is 373 g/mol. The van der Waals surface area contributed by atoms with Gasteiger partial charge in [0.2, 0.25) is 10.0 Å². The molecule has 2 N–H and O–H groups in total. The minimum Gasteiger partial charge on any atom is -0.307 e. The Morgan fingerprint density at radius 1 is 1.08 bits per heavy atom. The number of aromatic nitrogens is 1. The number of benzene rings is 1.